The minimum Gasteiger partial charge on any atom is -0.469 e. The molecular weight excluding hydrogens is 332 g/mol. The second-order valence-electron chi connectivity index (χ2n) is 7.78. The van der Waals surface area contributed by atoms with Crippen molar-refractivity contribution in [1.29, 1.82) is 0 Å². The Hall–Kier alpha value is -2.08. The van der Waals surface area contributed by atoms with Gasteiger partial charge in [0.15, 0.2) is 0 Å². The summed E-state index contributed by atoms with van der Waals surface area (Å²) in [5, 5.41) is 6.27. The molecule has 1 saturated carbocycles. The van der Waals surface area contributed by atoms with Crippen molar-refractivity contribution in [2.24, 2.45) is 5.92 Å². The van der Waals surface area contributed by atoms with Crippen molar-refractivity contribution in [2.45, 2.75) is 64.6 Å². The van der Waals surface area contributed by atoms with Crippen LogP contribution in [0.4, 0.5) is 10.5 Å². The average molecular weight is 362 g/mol. The summed E-state index contributed by atoms with van der Waals surface area (Å²) in [7, 11) is 1.45. The minimum absolute atomic E-state index is 0.0521. The maximum Gasteiger partial charge on any atom is 0.412 e. The van der Waals surface area contributed by atoms with E-state index in [0.29, 0.717) is 11.7 Å². The van der Waals surface area contributed by atoms with E-state index in [1.807, 2.05) is 45.0 Å². The van der Waals surface area contributed by atoms with Gasteiger partial charge in [0.25, 0.3) is 0 Å². The van der Waals surface area contributed by atoms with Gasteiger partial charge < -0.3 is 14.8 Å². The number of rotatable bonds is 5. The lowest BCUT2D eigenvalue weighted by molar-refractivity contribution is -0.146. The lowest BCUT2D eigenvalue weighted by Crippen LogP contribution is -2.34. The summed E-state index contributed by atoms with van der Waals surface area (Å²) in [4.78, 5) is 23.3. The van der Waals surface area contributed by atoms with Crippen molar-refractivity contribution in [3.05, 3.63) is 29.8 Å². The predicted octanol–water partition coefficient (Wildman–Crippen LogP) is 3.86. The molecule has 0 heterocycles. The lowest BCUT2D eigenvalue weighted by Gasteiger charge is -2.27. The SMILES string of the molecule is COC(=O)C1CCC(NCc2ccc(NC(=O)OC(C)(C)C)cc2)CC1. The van der Waals surface area contributed by atoms with Crippen molar-refractivity contribution in [3.63, 3.8) is 0 Å². The van der Waals surface area contributed by atoms with Crippen molar-refractivity contribution in [1.82, 2.24) is 5.32 Å². The van der Waals surface area contributed by atoms with Crippen LogP contribution in [-0.2, 0) is 20.8 Å². The van der Waals surface area contributed by atoms with Crippen LogP contribution in [0.3, 0.4) is 0 Å². The summed E-state index contributed by atoms with van der Waals surface area (Å²) in [5.41, 5.74) is 1.34. The number of carbonyl (C=O) groups excluding carboxylic acids is 2. The maximum atomic E-state index is 11.8. The molecule has 0 spiro atoms. The molecule has 0 bridgehead atoms. The molecule has 0 aliphatic heterocycles. The van der Waals surface area contributed by atoms with Gasteiger partial charge in [-0.3, -0.25) is 10.1 Å². The second-order valence-corrected chi connectivity index (χ2v) is 7.78. The van der Waals surface area contributed by atoms with Gasteiger partial charge in [-0.2, -0.15) is 0 Å². The highest BCUT2D eigenvalue weighted by Crippen LogP contribution is 2.25. The van der Waals surface area contributed by atoms with Gasteiger partial charge in [-0.05, 0) is 64.2 Å². The summed E-state index contributed by atoms with van der Waals surface area (Å²) in [6.45, 7) is 6.26. The van der Waals surface area contributed by atoms with Crippen LogP contribution in [0.25, 0.3) is 0 Å². The third-order valence-corrected chi connectivity index (χ3v) is 4.46. The van der Waals surface area contributed by atoms with E-state index in [0.717, 1.165) is 37.8 Å². The Bertz CT molecular complexity index is 599. The fourth-order valence-electron chi connectivity index (χ4n) is 3.09. The van der Waals surface area contributed by atoms with Crippen LogP contribution >= 0.6 is 0 Å². The topological polar surface area (TPSA) is 76.7 Å². The molecule has 0 saturated heterocycles. The van der Waals surface area contributed by atoms with Crippen molar-refractivity contribution in [3.8, 4) is 0 Å². The third kappa shape index (κ3) is 6.67. The molecule has 1 aromatic carbocycles. The summed E-state index contributed by atoms with van der Waals surface area (Å²) in [6.07, 6.45) is 3.27. The Balaban J connectivity index is 1.74. The van der Waals surface area contributed by atoms with E-state index in [1.165, 1.54) is 7.11 Å². The van der Waals surface area contributed by atoms with Crippen LogP contribution in [0.15, 0.2) is 24.3 Å². The monoisotopic (exact) mass is 362 g/mol. The molecule has 6 nitrogen and oxygen atoms in total. The predicted molar refractivity (Wildman–Crippen MR) is 101 cm³/mol. The zero-order valence-corrected chi connectivity index (χ0v) is 16.1. The number of hydrogen-bond acceptors (Lipinski definition) is 5. The number of amides is 1. The van der Waals surface area contributed by atoms with Crippen LogP contribution in [0.1, 0.15) is 52.0 Å². The molecule has 2 rings (SSSR count). The van der Waals surface area contributed by atoms with Crippen molar-refractivity contribution in [2.75, 3.05) is 12.4 Å². The van der Waals surface area contributed by atoms with Gasteiger partial charge in [0.1, 0.15) is 5.60 Å². The van der Waals surface area contributed by atoms with Crippen molar-refractivity contribution >= 4 is 17.7 Å². The van der Waals surface area contributed by atoms with Crippen LogP contribution in [-0.4, -0.2) is 30.8 Å². The molecule has 0 radical (unpaired) electrons. The molecule has 0 aromatic heterocycles. The van der Waals surface area contributed by atoms with Gasteiger partial charge in [-0.1, -0.05) is 12.1 Å². The highest BCUT2D eigenvalue weighted by atomic mass is 16.6. The highest BCUT2D eigenvalue weighted by Gasteiger charge is 2.26. The van der Waals surface area contributed by atoms with Gasteiger partial charge in [-0.25, -0.2) is 4.79 Å². The normalized spacial score (nSPS) is 20.3. The third-order valence-electron chi connectivity index (χ3n) is 4.46. The summed E-state index contributed by atoms with van der Waals surface area (Å²) >= 11 is 0. The molecule has 1 aromatic rings. The molecule has 0 unspecified atom stereocenters. The first-order valence-corrected chi connectivity index (χ1v) is 9.17. The fourth-order valence-corrected chi connectivity index (χ4v) is 3.09. The Labute approximate surface area is 155 Å². The van der Waals surface area contributed by atoms with E-state index in [4.69, 9.17) is 9.47 Å². The average Bonchev–Trinajstić information content (AvgIpc) is 2.59. The molecule has 1 amide bonds. The van der Waals surface area contributed by atoms with Crippen LogP contribution < -0.4 is 10.6 Å². The van der Waals surface area contributed by atoms with E-state index in [9.17, 15) is 9.59 Å². The van der Waals surface area contributed by atoms with E-state index in [2.05, 4.69) is 10.6 Å². The summed E-state index contributed by atoms with van der Waals surface area (Å²) in [5.74, 6) is -0.0345. The molecule has 1 aliphatic rings. The quantitative estimate of drug-likeness (QED) is 0.778. The molecule has 2 N–H and O–H groups in total. The summed E-state index contributed by atoms with van der Waals surface area (Å²) < 4.78 is 10.1. The number of methoxy groups -OCH3 is 1. The van der Waals surface area contributed by atoms with E-state index >= 15 is 0 Å². The Kier molecular flexibility index (Phi) is 7.03. The van der Waals surface area contributed by atoms with E-state index in [1.54, 1.807) is 0 Å². The zero-order chi connectivity index (χ0) is 19.2. The summed E-state index contributed by atoms with van der Waals surface area (Å²) in [6, 6.07) is 8.14. The molecule has 0 atom stereocenters. The number of hydrogen-bond donors (Lipinski definition) is 2. The number of benzene rings is 1. The fraction of sp³-hybridized carbons (Fsp3) is 0.600. The van der Waals surface area contributed by atoms with Gasteiger partial charge >= 0.3 is 12.1 Å². The van der Waals surface area contributed by atoms with Gasteiger partial charge in [0.05, 0.1) is 13.0 Å². The second kappa shape index (κ2) is 9.03. The first kappa shape index (κ1) is 20.2. The molecule has 1 aliphatic carbocycles. The Morgan fingerprint density at radius 3 is 2.23 bits per heavy atom. The first-order valence-electron chi connectivity index (χ1n) is 9.17. The Morgan fingerprint density at radius 2 is 1.69 bits per heavy atom. The first-order chi connectivity index (χ1) is 12.3. The van der Waals surface area contributed by atoms with Crippen LogP contribution in [0, 0.1) is 5.92 Å². The maximum absolute atomic E-state index is 11.8. The minimum atomic E-state index is -0.513. The van der Waals surface area contributed by atoms with Crippen LogP contribution in [0.5, 0.6) is 0 Å². The molecular formula is C20H30N2O4. The van der Waals surface area contributed by atoms with Gasteiger partial charge in [0, 0.05) is 18.3 Å². The molecule has 26 heavy (non-hydrogen) atoms. The molecule has 1 fully saturated rings. The number of anilines is 1. The zero-order valence-electron chi connectivity index (χ0n) is 16.1. The van der Waals surface area contributed by atoms with E-state index in [-0.39, 0.29) is 11.9 Å². The standard InChI is InChI=1S/C20H30N2O4/c1-20(2,3)26-19(24)22-17-9-5-14(6-10-17)13-21-16-11-7-15(8-12-16)18(23)25-4/h5-6,9-10,15-16,21H,7-8,11-13H2,1-4H3,(H,22,24). The largest absolute Gasteiger partial charge is 0.469 e. The molecule has 6 heteroatoms. The van der Waals surface area contributed by atoms with Gasteiger partial charge in [0.2, 0.25) is 0 Å². The molecule has 144 valence electrons. The number of nitrogens with one attached hydrogen (secondary N) is 2. The van der Waals surface area contributed by atoms with Gasteiger partial charge in [-0.15, -0.1) is 0 Å². The Morgan fingerprint density at radius 1 is 1.08 bits per heavy atom. The highest BCUT2D eigenvalue weighted by molar-refractivity contribution is 5.84. The van der Waals surface area contributed by atoms with Crippen LogP contribution in [0.2, 0.25) is 0 Å². The number of carbonyl (C=O) groups is 2. The number of esters is 1. The number of ether oxygens (including phenoxy) is 2. The van der Waals surface area contributed by atoms with Crippen molar-refractivity contribution < 1.29 is 19.1 Å². The lowest BCUT2D eigenvalue weighted by atomic mass is 9.86. The smallest absolute Gasteiger partial charge is 0.412 e. The van der Waals surface area contributed by atoms with E-state index < -0.39 is 11.7 Å².